The van der Waals surface area contributed by atoms with Crippen molar-refractivity contribution in [2.75, 3.05) is 18.8 Å². The number of thioether (sulfide) groups is 1. The molecule has 0 aliphatic carbocycles. The molecule has 1 amide bonds. The van der Waals surface area contributed by atoms with Crippen molar-refractivity contribution in [2.24, 2.45) is 5.92 Å². The number of carboxylic acids is 1. The van der Waals surface area contributed by atoms with Crippen LogP contribution in [-0.4, -0.2) is 50.3 Å². The van der Waals surface area contributed by atoms with E-state index in [1.54, 1.807) is 22.4 Å². The van der Waals surface area contributed by atoms with Crippen LogP contribution in [0.5, 0.6) is 0 Å². The van der Waals surface area contributed by atoms with E-state index in [4.69, 9.17) is 0 Å². The molecule has 2 heterocycles. The highest BCUT2D eigenvalue weighted by atomic mass is 32.2. The molecular formula is C24H25N3O3S. The van der Waals surface area contributed by atoms with Gasteiger partial charge in [0, 0.05) is 24.9 Å². The molecule has 0 spiro atoms. The second kappa shape index (κ2) is 9.83. The lowest BCUT2D eigenvalue weighted by Gasteiger charge is -2.32. The van der Waals surface area contributed by atoms with Crippen molar-refractivity contribution in [1.82, 2.24) is 14.5 Å². The summed E-state index contributed by atoms with van der Waals surface area (Å²) in [5.74, 6) is 0.307. The van der Waals surface area contributed by atoms with Gasteiger partial charge in [0.1, 0.15) is 6.54 Å². The molecule has 1 N–H and O–H groups in total. The smallest absolute Gasteiger partial charge is 0.323 e. The van der Waals surface area contributed by atoms with Crippen molar-refractivity contribution in [3.8, 4) is 0 Å². The Morgan fingerprint density at radius 2 is 1.90 bits per heavy atom. The van der Waals surface area contributed by atoms with Crippen LogP contribution >= 0.6 is 11.8 Å². The minimum Gasteiger partial charge on any atom is -0.480 e. The average Bonchev–Trinajstić information content (AvgIpc) is 3.14. The Hall–Kier alpha value is -3.06. The van der Waals surface area contributed by atoms with Gasteiger partial charge in [-0.3, -0.25) is 9.59 Å². The molecular weight excluding hydrogens is 410 g/mol. The lowest BCUT2D eigenvalue weighted by atomic mass is 10.00. The van der Waals surface area contributed by atoms with Crippen molar-refractivity contribution >= 4 is 40.7 Å². The normalized spacial score (nSPS) is 16.8. The Kier molecular flexibility index (Phi) is 6.72. The van der Waals surface area contributed by atoms with E-state index in [2.05, 4.69) is 4.98 Å². The van der Waals surface area contributed by atoms with Crippen LogP contribution in [0.1, 0.15) is 18.4 Å². The second-order valence-corrected chi connectivity index (χ2v) is 8.70. The lowest BCUT2D eigenvalue weighted by Crippen LogP contribution is -2.39. The molecule has 0 saturated carbocycles. The van der Waals surface area contributed by atoms with Gasteiger partial charge in [-0.05, 0) is 42.5 Å². The highest BCUT2D eigenvalue weighted by molar-refractivity contribution is 7.99. The van der Waals surface area contributed by atoms with Crippen LogP contribution in [0.4, 0.5) is 0 Å². The fraction of sp³-hybridized carbons (Fsp3) is 0.292. The number of rotatable bonds is 7. The summed E-state index contributed by atoms with van der Waals surface area (Å²) < 4.78 is 1.76. The summed E-state index contributed by atoms with van der Waals surface area (Å²) in [5, 5.41) is 10.0. The Labute approximate surface area is 185 Å². The number of imidazole rings is 1. The average molecular weight is 436 g/mol. The van der Waals surface area contributed by atoms with Gasteiger partial charge in [-0.25, -0.2) is 4.98 Å². The van der Waals surface area contributed by atoms with Gasteiger partial charge in [0.05, 0.1) is 11.0 Å². The number of nitrogens with zero attached hydrogens (tertiary/aromatic N) is 3. The van der Waals surface area contributed by atoms with E-state index in [9.17, 15) is 14.7 Å². The number of fused-ring (bicyclic) bond motifs is 1. The molecule has 1 aromatic heterocycles. The first-order chi connectivity index (χ1) is 15.1. The third-order valence-corrected chi connectivity index (χ3v) is 6.62. The zero-order valence-electron chi connectivity index (χ0n) is 17.2. The van der Waals surface area contributed by atoms with E-state index < -0.39 is 5.97 Å². The number of carboxylic acid groups (broad SMARTS) is 1. The topological polar surface area (TPSA) is 75.4 Å². The zero-order valence-corrected chi connectivity index (χ0v) is 18.0. The summed E-state index contributed by atoms with van der Waals surface area (Å²) in [5.41, 5.74) is 2.65. The van der Waals surface area contributed by atoms with Gasteiger partial charge in [-0.2, -0.15) is 0 Å². The van der Waals surface area contributed by atoms with Crippen molar-refractivity contribution in [3.63, 3.8) is 0 Å². The molecule has 1 aliphatic heterocycles. The van der Waals surface area contributed by atoms with Gasteiger partial charge in [0.15, 0.2) is 5.16 Å². The fourth-order valence-electron chi connectivity index (χ4n) is 3.88. The van der Waals surface area contributed by atoms with E-state index in [1.165, 1.54) is 0 Å². The fourth-order valence-corrected chi connectivity index (χ4v) is 5.02. The number of amides is 1. The SMILES string of the molecule is O=C(O)Cn1c(SCC2CCCN(C(=O)/C=C/c3ccccc3)C2)nc2ccccc21. The number of aromatic nitrogens is 2. The van der Waals surface area contributed by atoms with E-state index in [0.29, 0.717) is 12.5 Å². The molecule has 4 rings (SSSR count). The van der Waals surface area contributed by atoms with E-state index in [-0.39, 0.29) is 12.5 Å². The lowest BCUT2D eigenvalue weighted by molar-refractivity contribution is -0.137. The monoisotopic (exact) mass is 435 g/mol. The van der Waals surface area contributed by atoms with Crippen molar-refractivity contribution in [3.05, 3.63) is 66.2 Å². The van der Waals surface area contributed by atoms with Gasteiger partial charge in [-0.1, -0.05) is 54.2 Å². The number of carbonyl (C=O) groups excluding carboxylic acids is 1. The molecule has 31 heavy (non-hydrogen) atoms. The number of para-hydroxylation sites is 2. The molecule has 160 valence electrons. The minimum atomic E-state index is -0.885. The van der Waals surface area contributed by atoms with Crippen LogP contribution in [-0.2, 0) is 16.1 Å². The third-order valence-electron chi connectivity index (χ3n) is 5.41. The van der Waals surface area contributed by atoms with E-state index in [0.717, 1.165) is 46.9 Å². The van der Waals surface area contributed by atoms with Crippen molar-refractivity contribution in [1.29, 1.82) is 0 Å². The van der Waals surface area contributed by atoms with Crippen LogP contribution in [0.3, 0.4) is 0 Å². The van der Waals surface area contributed by atoms with Gasteiger partial charge >= 0.3 is 5.97 Å². The number of aliphatic carboxylic acids is 1. The Morgan fingerprint density at radius 3 is 2.71 bits per heavy atom. The number of benzene rings is 2. The van der Waals surface area contributed by atoms with Crippen LogP contribution in [0.15, 0.2) is 65.8 Å². The first-order valence-corrected chi connectivity index (χ1v) is 11.4. The summed E-state index contributed by atoms with van der Waals surface area (Å²) in [7, 11) is 0. The maximum Gasteiger partial charge on any atom is 0.323 e. The molecule has 1 fully saturated rings. The maximum absolute atomic E-state index is 12.6. The Balaban J connectivity index is 1.39. The highest BCUT2D eigenvalue weighted by Crippen LogP contribution is 2.28. The van der Waals surface area contributed by atoms with Gasteiger partial charge in [-0.15, -0.1) is 0 Å². The molecule has 0 radical (unpaired) electrons. The molecule has 1 aliphatic rings. The molecule has 6 nitrogen and oxygen atoms in total. The maximum atomic E-state index is 12.6. The summed E-state index contributed by atoms with van der Waals surface area (Å²) in [4.78, 5) is 30.5. The van der Waals surface area contributed by atoms with Crippen LogP contribution in [0.25, 0.3) is 17.1 Å². The molecule has 1 saturated heterocycles. The predicted octanol–water partition coefficient (Wildman–Crippen LogP) is 4.17. The molecule has 1 unspecified atom stereocenters. The highest BCUT2D eigenvalue weighted by Gasteiger charge is 2.23. The molecule has 3 aromatic rings. The van der Waals surface area contributed by atoms with Crippen LogP contribution in [0, 0.1) is 5.92 Å². The third kappa shape index (κ3) is 5.35. The molecule has 0 bridgehead atoms. The zero-order chi connectivity index (χ0) is 21.6. The minimum absolute atomic E-state index is 0.0386. The Bertz CT molecular complexity index is 1090. The standard InChI is InChI=1S/C24H25N3O3S/c28-22(13-12-18-7-2-1-3-8-18)26-14-6-9-19(15-26)17-31-24-25-20-10-4-5-11-21(20)27(24)16-23(29)30/h1-5,7-8,10-13,19H,6,9,14-17H2,(H,29,30)/b13-12+. The predicted molar refractivity (Wildman–Crippen MR) is 123 cm³/mol. The number of carbonyl (C=O) groups is 2. The number of likely N-dealkylation sites (tertiary alicyclic amines) is 1. The summed E-state index contributed by atoms with van der Waals surface area (Å²) in [6.07, 6.45) is 5.53. The first-order valence-electron chi connectivity index (χ1n) is 10.4. The largest absolute Gasteiger partial charge is 0.480 e. The van der Waals surface area contributed by atoms with Gasteiger partial charge < -0.3 is 14.6 Å². The Morgan fingerprint density at radius 1 is 1.13 bits per heavy atom. The quantitative estimate of drug-likeness (QED) is 0.445. The van der Waals surface area contributed by atoms with Crippen LogP contribution < -0.4 is 0 Å². The number of hydrogen-bond acceptors (Lipinski definition) is 4. The summed E-state index contributed by atoms with van der Waals surface area (Å²) in [6.45, 7) is 1.38. The number of piperidine rings is 1. The number of hydrogen-bond donors (Lipinski definition) is 1. The van der Waals surface area contributed by atoms with Crippen molar-refractivity contribution in [2.45, 2.75) is 24.5 Å². The molecule has 1 atom stereocenters. The summed E-state index contributed by atoms with van der Waals surface area (Å²) in [6, 6.07) is 17.4. The van der Waals surface area contributed by atoms with E-state index >= 15 is 0 Å². The molecule has 2 aromatic carbocycles. The van der Waals surface area contributed by atoms with Gasteiger partial charge in [0.25, 0.3) is 0 Å². The first kappa shape index (κ1) is 21.2. The molecule has 7 heteroatoms. The van der Waals surface area contributed by atoms with Crippen LogP contribution in [0.2, 0.25) is 0 Å². The van der Waals surface area contributed by atoms with Crippen molar-refractivity contribution < 1.29 is 14.7 Å². The summed E-state index contributed by atoms with van der Waals surface area (Å²) >= 11 is 1.58. The second-order valence-electron chi connectivity index (χ2n) is 7.71. The van der Waals surface area contributed by atoms with Gasteiger partial charge in [0.2, 0.25) is 5.91 Å². The van der Waals surface area contributed by atoms with E-state index in [1.807, 2.05) is 65.6 Å².